The Morgan fingerprint density at radius 1 is 0.972 bits per heavy atom. The molecule has 0 bridgehead atoms. The number of benzene rings is 3. The standard InChI is InChI=1S/C28H34N2O5S/c1-20(2)26-8-6-7-21(3)27(26)30(36(5,32)33)19-22-9-11-23(12-10-22)28(31)29-17-18-35-25-15-13-24(34-4)14-16-25/h6-16,20H,17-19H2,1-5H3,(H,29,31). The average molecular weight is 511 g/mol. The van der Waals surface area contributed by atoms with Crippen molar-refractivity contribution >= 4 is 21.6 Å². The summed E-state index contributed by atoms with van der Waals surface area (Å²) in [5.74, 6) is 1.39. The summed E-state index contributed by atoms with van der Waals surface area (Å²) in [6.07, 6.45) is 1.22. The number of rotatable bonds is 11. The van der Waals surface area contributed by atoms with Crippen molar-refractivity contribution in [1.29, 1.82) is 0 Å². The lowest BCUT2D eigenvalue weighted by Crippen LogP contribution is -2.31. The summed E-state index contributed by atoms with van der Waals surface area (Å²) >= 11 is 0. The molecule has 0 aliphatic rings. The van der Waals surface area contributed by atoms with Gasteiger partial charge in [-0.25, -0.2) is 8.42 Å². The number of nitrogens with zero attached hydrogens (tertiary/aromatic N) is 1. The molecule has 0 atom stereocenters. The molecule has 8 heteroatoms. The van der Waals surface area contributed by atoms with Gasteiger partial charge in [-0.05, 0) is 65.9 Å². The molecule has 0 heterocycles. The molecule has 0 aromatic heterocycles. The van der Waals surface area contributed by atoms with E-state index in [-0.39, 0.29) is 18.4 Å². The van der Waals surface area contributed by atoms with E-state index in [4.69, 9.17) is 9.47 Å². The van der Waals surface area contributed by atoms with Gasteiger partial charge in [0.2, 0.25) is 10.0 Å². The van der Waals surface area contributed by atoms with Gasteiger partial charge in [-0.15, -0.1) is 0 Å². The molecule has 3 rings (SSSR count). The zero-order valence-corrected chi connectivity index (χ0v) is 22.3. The van der Waals surface area contributed by atoms with Crippen LogP contribution in [0.1, 0.15) is 46.8 Å². The minimum absolute atomic E-state index is 0.170. The summed E-state index contributed by atoms with van der Waals surface area (Å²) in [5, 5.41) is 2.83. The number of sulfonamides is 1. The molecule has 192 valence electrons. The van der Waals surface area contributed by atoms with E-state index >= 15 is 0 Å². The Morgan fingerprint density at radius 2 is 1.61 bits per heavy atom. The first kappa shape index (κ1) is 27.1. The molecular formula is C28H34N2O5S. The van der Waals surface area contributed by atoms with Crippen LogP contribution >= 0.6 is 0 Å². The third-order valence-corrected chi connectivity index (χ3v) is 6.91. The first-order valence-electron chi connectivity index (χ1n) is 11.8. The number of anilines is 1. The predicted molar refractivity (Wildman–Crippen MR) is 144 cm³/mol. The number of para-hydroxylation sites is 1. The number of methoxy groups -OCH3 is 1. The lowest BCUT2D eigenvalue weighted by Gasteiger charge is -2.28. The van der Waals surface area contributed by atoms with E-state index in [0.29, 0.717) is 30.2 Å². The van der Waals surface area contributed by atoms with Crippen molar-refractivity contribution in [2.45, 2.75) is 33.2 Å². The topological polar surface area (TPSA) is 84.9 Å². The molecule has 1 amide bonds. The van der Waals surface area contributed by atoms with Crippen molar-refractivity contribution in [2.24, 2.45) is 0 Å². The van der Waals surface area contributed by atoms with Crippen molar-refractivity contribution in [1.82, 2.24) is 5.32 Å². The molecule has 0 radical (unpaired) electrons. The summed E-state index contributed by atoms with van der Waals surface area (Å²) in [5.41, 5.74) is 3.88. The van der Waals surface area contributed by atoms with Crippen LogP contribution < -0.4 is 19.1 Å². The largest absolute Gasteiger partial charge is 0.497 e. The summed E-state index contributed by atoms with van der Waals surface area (Å²) in [6, 6.07) is 20.1. The molecule has 0 fully saturated rings. The molecule has 7 nitrogen and oxygen atoms in total. The first-order chi connectivity index (χ1) is 17.1. The molecule has 1 N–H and O–H groups in total. The number of aryl methyl sites for hydroxylation is 1. The second-order valence-corrected chi connectivity index (χ2v) is 10.8. The molecule has 0 saturated heterocycles. The fourth-order valence-electron chi connectivity index (χ4n) is 3.89. The third kappa shape index (κ3) is 7.01. The van der Waals surface area contributed by atoms with Crippen LogP contribution in [-0.2, 0) is 16.6 Å². The van der Waals surface area contributed by atoms with E-state index in [1.54, 1.807) is 43.5 Å². The highest BCUT2D eigenvalue weighted by Crippen LogP contribution is 2.33. The summed E-state index contributed by atoms with van der Waals surface area (Å²) in [7, 11) is -1.93. The van der Waals surface area contributed by atoms with Gasteiger partial charge in [-0.2, -0.15) is 0 Å². The number of carbonyl (C=O) groups is 1. The van der Waals surface area contributed by atoms with Gasteiger partial charge in [-0.1, -0.05) is 44.2 Å². The number of hydrogen-bond donors (Lipinski definition) is 1. The minimum Gasteiger partial charge on any atom is -0.497 e. The number of hydrogen-bond acceptors (Lipinski definition) is 5. The van der Waals surface area contributed by atoms with Crippen molar-refractivity contribution in [3.8, 4) is 11.5 Å². The normalized spacial score (nSPS) is 11.3. The van der Waals surface area contributed by atoms with Gasteiger partial charge in [0.05, 0.1) is 32.1 Å². The van der Waals surface area contributed by atoms with Crippen LogP contribution in [0, 0.1) is 6.92 Å². The molecule has 0 unspecified atom stereocenters. The van der Waals surface area contributed by atoms with Crippen molar-refractivity contribution in [3.63, 3.8) is 0 Å². The highest BCUT2D eigenvalue weighted by atomic mass is 32.2. The van der Waals surface area contributed by atoms with Crippen molar-refractivity contribution in [3.05, 3.63) is 89.0 Å². The fourth-order valence-corrected chi connectivity index (χ4v) is 4.85. The Morgan fingerprint density at radius 3 is 2.19 bits per heavy atom. The predicted octanol–water partition coefficient (Wildman–Crippen LogP) is 4.90. The number of carbonyl (C=O) groups excluding carboxylic acids is 1. The highest BCUT2D eigenvalue weighted by Gasteiger charge is 2.23. The third-order valence-electron chi connectivity index (χ3n) is 5.80. The van der Waals surface area contributed by atoms with Gasteiger partial charge in [-0.3, -0.25) is 9.10 Å². The Hall–Kier alpha value is -3.52. The van der Waals surface area contributed by atoms with E-state index < -0.39 is 10.0 Å². The van der Waals surface area contributed by atoms with E-state index in [2.05, 4.69) is 5.32 Å². The fraction of sp³-hybridized carbons (Fsp3) is 0.321. The maximum Gasteiger partial charge on any atom is 0.251 e. The van der Waals surface area contributed by atoms with Gasteiger partial charge in [0.25, 0.3) is 5.91 Å². The lowest BCUT2D eigenvalue weighted by molar-refractivity contribution is 0.0947. The molecule has 3 aromatic rings. The van der Waals surface area contributed by atoms with Gasteiger partial charge in [0.1, 0.15) is 18.1 Å². The lowest BCUT2D eigenvalue weighted by atomic mass is 9.98. The van der Waals surface area contributed by atoms with Crippen LogP contribution in [0.2, 0.25) is 0 Å². The van der Waals surface area contributed by atoms with Crippen LogP contribution in [0.5, 0.6) is 11.5 Å². The van der Waals surface area contributed by atoms with Gasteiger partial charge in [0.15, 0.2) is 0 Å². The highest BCUT2D eigenvalue weighted by molar-refractivity contribution is 7.92. The van der Waals surface area contributed by atoms with Gasteiger partial charge < -0.3 is 14.8 Å². The van der Waals surface area contributed by atoms with E-state index in [1.807, 2.05) is 51.1 Å². The smallest absolute Gasteiger partial charge is 0.251 e. The van der Waals surface area contributed by atoms with Crippen molar-refractivity contribution < 1.29 is 22.7 Å². The molecule has 36 heavy (non-hydrogen) atoms. The summed E-state index contributed by atoms with van der Waals surface area (Å²) < 4.78 is 37.7. The number of nitrogens with one attached hydrogen (secondary N) is 1. The Kier molecular flexibility index (Phi) is 8.98. The van der Waals surface area contributed by atoms with Crippen LogP contribution in [0.15, 0.2) is 66.7 Å². The monoisotopic (exact) mass is 510 g/mol. The van der Waals surface area contributed by atoms with Crippen LogP contribution in [0.4, 0.5) is 5.69 Å². The molecule has 3 aromatic carbocycles. The Labute approximate surface area is 214 Å². The second-order valence-electron chi connectivity index (χ2n) is 8.91. The number of ether oxygens (including phenoxy) is 2. The van der Waals surface area contributed by atoms with Gasteiger partial charge >= 0.3 is 0 Å². The molecule has 0 spiro atoms. The molecule has 0 aliphatic carbocycles. The van der Waals surface area contributed by atoms with Crippen LogP contribution in [0.3, 0.4) is 0 Å². The van der Waals surface area contributed by atoms with E-state index in [0.717, 1.165) is 22.4 Å². The first-order valence-corrected chi connectivity index (χ1v) is 13.7. The van der Waals surface area contributed by atoms with Crippen LogP contribution in [-0.4, -0.2) is 40.8 Å². The SMILES string of the molecule is COc1ccc(OCCNC(=O)c2ccc(CN(c3c(C)cccc3C(C)C)S(C)(=O)=O)cc2)cc1. The van der Waals surface area contributed by atoms with Crippen LogP contribution in [0.25, 0.3) is 0 Å². The zero-order chi connectivity index (χ0) is 26.3. The zero-order valence-electron chi connectivity index (χ0n) is 21.4. The maximum absolute atomic E-state index is 12.8. The number of amides is 1. The molecule has 0 aliphatic heterocycles. The summed E-state index contributed by atoms with van der Waals surface area (Å²) in [6.45, 7) is 6.88. The maximum atomic E-state index is 12.8. The van der Waals surface area contributed by atoms with Gasteiger partial charge in [0, 0.05) is 5.56 Å². The molecule has 0 saturated carbocycles. The average Bonchev–Trinajstić information content (AvgIpc) is 2.85. The van der Waals surface area contributed by atoms with Crippen molar-refractivity contribution in [2.75, 3.05) is 30.8 Å². The molecular weight excluding hydrogens is 476 g/mol. The Balaban J connectivity index is 1.64. The quantitative estimate of drug-likeness (QED) is 0.371. The minimum atomic E-state index is -3.53. The van der Waals surface area contributed by atoms with E-state index in [9.17, 15) is 13.2 Å². The second kappa shape index (κ2) is 11.9. The van der Waals surface area contributed by atoms with E-state index in [1.165, 1.54) is 10.6 Å². The Bertz CT molecular complexity index is 1270. The summed E-state index contributed by atoms with van der Waals surface area (Å²) in [4.78, 5) is 12.5.